The fourth-order valence-corrected chi connectivity index (χ4v) is 2.68. The zero-order valence-corrected chi connectivity index (χ0v) is 11.2. The number of benzene rings is 1. The Balaban J connectivity index is 1.94. The number of aromatic nitrogens is 2. The van der Waals surface area contributed by atoms with Crippen molar-refractivity contribution in [2.45, 2.75) is 38.1 Å². The lowest BCUT2D eigenvalue weighted by Crippen LogP contribution is -2.24. The molecule has 0 aliphatic heterocycles. The molecule has 1 aliphatic carbocycles. The first-order valence-corrected chi connectivity index (χ1v) is 6.89. The van der Waals surface area contributed by atoms with Crippen molar-refractivity contribution in [1.82, 2.24) is 9.55 Å². The number of nitrogens with zero attached hydrogens (tertiary/aromatic N) is 2. The van der Waals surface area contributed by atoms with E-state index >= 15 is 0 Å². The Morgan fingerprint density at radius 2 is 2.05 bits per heavy atom. The number of hydrogen-bond donors (Lipinski definition) is 0. The highest BCUT2D eigenvalue weighted by Crippen LogP contribution is 2.50. The van der Waals surface area contributed by atoms with Gasteiger partial charge in [0.1, 0.15) is 0 Å². The molecule has 3 nitrogen and oxygen atoms in total. The Morgan fingerprint density at radius 1 is 1.32 bits per heavy atom. The molecule has 1 heterocycles. The maximum absolute atomic E-state index is 12.8. The summed E-state index contributed by atoms with van der Waals surface area (Å²) in [6.45, 7) is 2.96. The highest BCUT2D eigenvalue weighted by Gasteiger charge is 2.52. The van der Waals surface area contributed by atoms with Crippen molar-refractivity contribution in [3.63, 3.8) is 0 Å². The summed E-state index contributed by atoms with van der Waals surface area (Å²) in [7, 11) is 0. The lowest BCUT2D eigenvalue weighted by molar-refractivity contribution is 0.0931. The van der Waals surface area contributed by atoms with Crippen LogP contribution >= 0.6 is 0 Å². The predicted molar refractivity (Wildman–Crippen MR) is 74.2 cm³/mol. The van der Waals surface area contributed by atoms with Crippen LogP contribution in [0.2, 0.25) is 0 Å². The number of carbonyl (C=O) groups excluding carboxylic acids is 1. The Bertz CT molecular complexity index is 582. The van der Waals surface area contributed by atoms with Crippen LogP contribution < -0.4 is 0 Å². The van der Waals surface area contributed by atoms with Crippen molar-refractivity contribution in [2.75, 3.05) is 0 Å². The number of imidazole rings is 1. The first kappa shape index (κ1) is 12.2. The number of rotatable bonds is 5. The average molecular weight is 254 g/mol. The van der Waals surface area contributed by atoms with E-state index < -0.39 is 0 Å². The molecule has 1 aromatic heterocycles. The van der Waals surface area contributed by atoms with Gasteiger partial charge in [-0.05, 0) is 24.8 Å². The van der Waals surface area contributed by atoms with Gasteiger partial charge in [0.05, 0.1) is 5.41 Å². The molecule has 2 aromatic rings. The molecule has 1 aromatic carbocycles. The maximum atomic E-state index is 12.8. The van der Waals surface area contributed by atoms with E-state index in [0.29, 0.717) is 5.82 Å². The Kier molecular flexibility index (Phi) is 2.97. The average Bonchev–Trinajstić information content (AvgIpc) is 3.14. The first-order valence-electron chi connectivity index (χ1n) is 6.89. The molecule has 0 bridgehead atoms. The molecule has 1 fully saturated rings. The molecule has 1 aliphatic rings. The van der Waals surface area contributed by atoms with Crippen LogP contribution in [0.5, 0.6) is 0 Å². The third kappa shape index (κ3) is 1.99. The smallest absolute Gasteiger partial charge is 0.208 e. The van der Waals surface area contributed by atoms with Crippen LogP contribution in [0.15, 0.2) is 42.7 Å². The monoisotopic (exact) mass is 254 g/mol. The fourth-order valence-electron chi connectivity index (χ4n) is 2.68. The van der Waals surface area contributed by atoms with Crippen molar-refractivity contribution in [2.24, 2.45) is 0 Å². The van der Waals surface area contributed by atoms with E-state index in [1.807, 2.05) is 29.0 Å². The lowest BCUT2D eigenvalue weighted by atomic mass is 9.91. The summed E-state index contributed by atoms with van der Waals surface area (Å²) >= 11 is 0. The van der Waals surface area contributed by atoms with Crippen molar-refractivity contribution in [1.29, 1.82) is 0 Å². The Hall–Kier alpha value is -1.90. The first-order chi connectivity index (χ1) is 9.28. The van der Waals surface area contributed by atoms with Gasteiger partial charge in [-0.15, -0.1) is 0 Å². The van der Waals surface area contributed by atoms with Gasteiger partial charge in [0, 0.05) is 18.9 Å². The Labute approximate surface area is 113 Å². The van der Waals surface area contributed by atoms with E-state index in [-0.39, 0.29) is 11.2 Å². The van der Waals surface area contributed by atoms with Gasteiger partial charge in [-0.25, -0.2) is 4.98 Å². The SMILES string of the molecule is CCCn1ccnc1C(=O)C1(c2ccccc2)CC1. The van der Waals surface area contributed by atoms with E-state index in [1.165, 1.54) is 0 Å². The van der Waals surface area contributed by atoms with E-state index in [2.05, 4.69) is 24.0 Å². The summed E-state index contributed by atoms with van der Waals surface area (Å²) in [4.78, 5) is 17.1. The van der Waals surface area contributed by atoms with Gasteiger partial charge in [0.15, 0.2) is 5.82 Å². The van der Waals surface area contributed by atoms with Crippen LogP contribution in [-0.4, -0.2) is 15.3 Å². The van der Waals surface area contributed by atoms with E-state index in [9.17, 15) is 4.79 Å². The molecule has 0 radical (unpaired) electrons. The summed E-state index contributed by atoms with van der Waals surface area (Å²) in [5, 5.41) is 0. The van der Waals surface area contributed by atoms with Crippen LogP contribution in [0, 0.1) is 0 Å². The van der Waals surface area contributed by atoms with Crippen molar-refractivity contribution in [3.05, 3.63) is 54.1 Å². The number of ketones is 1. The molecule has 98 valence electrons. The van der Waals surface area contributed by atoms with Crippen molar-refractivity contribution >= 4 is 5.78 Å². The molecule has 0 atom stereocenters. The van der Waals surface area contributed by atoms with Crippen LogP contribution in [0.25, 0.3) is 0 Å². The minimum atomic E-state index is -0.307. The third-order valence-corrected chi connectivity index (χ3v) is 3.89. The summed E-state index contributed by atoms with van der Waals surface area (Å²) in [6, 6.07) is 10.1. The number of carbonyl (C=O) groups is 1. The largest absolute Gasteiger partial charge is 0.329 e. The van der Waals surface area contributed by atoms with Gasteiger partial charge in [0.2, 0.25) is 5.78 Å². The minimum absolute atomic E-state index is 0.178. The molecule has 0 N–H and O–H groups in total. The van der Waals surface area contributed by atoms with Crippen LogP contribution in [0.1, 0.15) is 42.4 Å². The molecule has 0 saturated heterocycles. The number of aryl methyl sites for hydroxylation is 1. The second kappa shape index (κ2) is 4.65. The summed E-state index contributed by atoms with van der Waals surface area (Å²) in [6.07, 6.45) is 6.51. The molecule has 0 amide bonds. The van der Waals surface area contributed by atoms with E-state index in [4.69, 9.17) is 0 Å². The van der Waals surface area contributed by atoms with Crippen LogP contribution in [0.4, 0.5) is 0 Å². The summed E-state index contributed by atoms with van der Waals surface area (Å²) in [5.74, 6) is 0.792. The maximum Gasteiger partial charge on any atom is 0.208 e. The number of hydrogen-bond acceptors (Lipinski definition) is 2. The molecule has 0 spiro atoms. The standard InChI is InChI=1S/C16H18N2O/c1-2-11-18-12-10-17-15(18)14(19)16(8-9-16)13-6-4-3-5-7-13/h3-7,10,12H,2,8-9,11H2,1H3. The second-order valence-corrected chi connectivity index (χ2v) is 5.22. The van der Waals surface area contributed by atoms with E-state index in [0.717, 1.165) is 31.4 Å². The van der Waals surface area contributed by atoms with Gasteiger partial charge in [0.25, 0.3) is 0 Å². The van der Waals surface area contributed by atoms with Gasteiger partial charge in [-0.3, -0.25) is 4.79 Å². The van der Waals surface area contributed by atoms with Crippen molar-refractivity contribution in [3.8, 4) is 0 Å². The lowest BCUT2D eigenvalue weighted by Gasteiger charge is -2.15. The molecule has 3 rings (SSSR count). The molecular formula is C16H18N2O. The zero-order chi connectivity index (χ0) is 13.3. The van der Waals surface area contributed by atoms with Crippen LogP contribution in [0.3, 0.4) is 0 Å². The fraction of sp³-hybridized carbons (Fsp3) is 0.375. The van der Waals surface area contributed by atoms with E-state index in [1.54, 1.807) is 6.20 Å². The molecule has 1 saturated carbocycles. The highest BCUT2D eigenvalue weighted by atomic mass is 16.1. The van der Waals surface area contributed by atoms with Crippen molar-refractivity contribution < 1.29 is 4.79 Å². The molecule has 0 unspecified atom stereocenters. The Morgan fingerprint density at radius 3 is 2.68 bits per heavy atom. The highest BCUT2D eigenvalue weighted by molar-refractivity contribution is 6.03. The summed E-state index contributed by atoms with van der Waals surface area (Å²) in [5.41, 5.74) is 0.823. The summed E-state index contributed by atoms with van der Waals surface area (Å²) < 4.78 is 1.98. The van der Waals surface area contributed by atoms with Gasteiger partial charge < -0.3 is 4.57 Å². The quantitative estimate of drug-likeness (QED) is 0.768. The molecule has 19 heavy (non-hydrogen) atoms. The second-order valence-electron chi connectivity index (χ2n) is 5.22. The minimum Gasteiger partial charge on any atom is -0.329 e. The van der Waals surface area contributed by atoms with Gasteiger partial charge >= 0.3 is 0 Å². The third-order valence-electron chi connectivity index (χ3n) is 3.89. The predicted octanol–water partition coefficient (Wildman–Crippen LogP) is 3.21. The van der Waals surface area contributed by atoms with Crippen LogP contribution in [-0.2, 0) is 12.0 Å². The normalized spacial score (nSPS) is 16.3. The zero-order valence-electron chi connectivity index (χ0n) is 11.2. The van der Waals surface area contributed by atoms with Gasteiger partial charge in [-0.1, -0.05) is 37.3 Å². The van der Waals surface area contributed by atoms with Gasteiger partial charge in [-0.2, -0.15) is 0 Å². The molecular weight excluding hydrogens is 236 g/mol. The molecule has 3 heteroatoms. The topological polar surface area (TPSA) is 34.9 Å². The number of Topliss-reactive ketones (excluding diaryl/α,β-unsaturated/α-hetero) is 1.